The number of rotatable bonds is 4. The highest BCUT2D eigenvalue weighted by atomic mass is 16.5. The molecule has 0 aromatic heterocycles. The molecule has 0 saturated carbocycles. The van der Waals surface area contributed by atoms with Crippen LogP contribution in [0.1, 0.15) is 18.4 Å². The van der Waals surface area contributed by atoms with Crippen LogP contribution in [-0.2, 0) is 11.2 Å². The van der Waals surface area contributed by atoms with Crippen LogP contribution in [0.3, 0.4) is 0 Å². The van der Waals surface area contributed by atoms with E-state index in [1.807, 2.05) is 12.1 Å². The lowest BCUT2D eigenvalue weighted by Crippen LogP contribution is -2.31. The van der Waals surface area contributed by atoms with E-state index in [0.29, 0.717) is 0 Å². The molecule has 1 aromatic carbocycles. The Bertz CT molecular complexity index is 352. The summed E-state index contributed by atoms with van der Waals surface area (Å²) in [4.78, 5) is 2.42. The molecular formula is C13H20N2O. The molecule has 0 unspecified atom stereocenters. The van der Waals surface area contributed by atoms with Crippen LogP contribution in [0, 0.1) is 0 Å². The van der Waals surface area contributed by atoms with Gasteiger partial charge >= 0.3 is 0 Å². The van der Waals surface area contributed by atoms with Gasteiger partial charge in [0.2, 0.25) is 0 Å². The Labute approximate surface area is 97.2 Å². The highest BCUT2D eigenvalue weighted by Gasteiger charge is 2.17. The standard InChI is InChI=1S/C13H20N2O/c1-16-10-4-9-15-8-3-5-11-12(14)6-2-7-13(11)15/h2,6-7H,3-5,8-10,14H2,1H3. The van der Waals surface area contributed by atoms with Crippen LogP contribution in [0.4, 0.5) is 11.4 Å². The van der Waals surface area contributed by atoms with E-state index in [9.17, 15) is 0 Å². The maximum absolute atomic E-state index is 6.01. The molecule has 2 N–H and O–H groups in total. The first-order valence-corrected chi connectivity index (χ1v) is 5.94. The van der Waals surface area contributed by atoms with Crippen LogP contribution in [0.25, 0.3) is 0 Å². The van der Waals surface area contributed by atoms with Crippen molar-refractivity contribution < 1.29 is 4.74 Å². The van der Waals surface area contributed by atoms with Crippen molar-refractivity contribution in [3.05, 3.63) is 23.8 Å². The van der Waals surface area contributed by atoms with E-state index in [4.69, 9.17) is 10.5 Å². The predicted octanol–water partition coefficient (Wildman–Crippen LogP) is 2.06. The van der Waals surface area contributed by atoms with Crippen molar-refractivity contribution in [2.45, 2.75) is 19.3 Å². The zero-order valence-electron chi connectivity index (χ0n) is 9.91. The molecule has 0 radical (unpaired) electrons. The third-order valence-electron chi connectivity index (χ3n) is 3.16. The molecule has 0 bridgehead atoms. The predicted molar refractivity (Wildman–Crippen MR) is 67.9 cm³/mol. The average molecular weight is 220 g/mol. The lowest BCUT2D eigenvalue weighted by Gasteiger charge is -2.32. The minimum atomic E-state index is 0.828. The van der Waals surface area contributed by atoms with Crippen molar-refractivity contribution >= 4 is 11.4 Å². The van der Waals surface area contributed by atoms with Gasteiger partial charge in [0.05, 0.1) is 0 Å². The van der Waals surface area contributed by atoms with Gasteiger partial charge in [-0.3, -0.25) is 0 Å². The number of hydrogen-bond donors (Lipinski definition) is 1. The normalized spacial score (nSPS) is 14.9. The summed E-state index contributed by atoms with van der Waals surface area (Å²) in [6.07, 6.45) is 3.39. The Morgan fingerprint density at radius 3 is 3.12 bits per heavy atom. The first-order chi connectivity index (χ1) is 7.83. The van der Waals surface area contributed by atoms with E-state index >= 15 is 0 Å². The third kappa shape index (κ3) is 2.30. The smallest absolute Gasteiger partial charge is 0.0479 e. The number of ether oxygens (including phenoxy) is 1. The molecule has 1 heterocycles. The highest BCUT2D eigenvalue weighted by Crippen LogP contribution is 2.31. The molecule has 88 valence electrons. The van der Waals surface area contributed by atoms with Crippen molar-refractivity contribution in [2.75, 3.05) is 37.4 Å². The van der Waals surface area contributed by atoms with Crippen LogP contribution < -0.4 is 10.6 Å². The first-order valence-electron chi connectivity index (χ1n) is 5.94. The number of methoxy groups -OCH3 is 1. The van der Waals surface area contributed by atoms with Gasteiger partial charge in [0.25, 0.3) is 0 Å². The lowest BCUT2D eigenvalue weighted by molar-refractivity contribution is 0.196. The van der Waals surface area contributed by atoms with E-state index in [1.54, 1.807) is 7.11 Å². The zero-order valence-corrected chi connectivity index (χ0v) is 9.91. The quantitative estimate of drug-likeness (QED) is 0.623. The van der Waals surface area contributed by atoms with E-state index in [-0.39, 0.29) is 0 Å². The van der Waals surface area contributed by atoms with Gasteiger partial charge in [0.1, 0.15) is 0 Å². The molecule has 3 heteroatoms. The maximum Gasteiger partial charge on any atom is 0.0479 e. The summed E-state index contributed by atoms with van der Waals surface area (Å²) < 4.78 is 5.09. The zero-order chi connectivity index (χ0) is 11.4. The highest BCUT2D eigenvalue weighted by molar-refractivity contribution is 5.66. The summed E-state index contributed by atoms with van der Waals surface area (Å²) >= 11 is 0. The number of benzene rings is 1. The van der Waals surface area contributed by atoms with Crippen molar-refractivity contribution in [3.8, 4) is 0 Å². The van der Waals surface area contributed by atoms with Crippen LogP contribution in [0.5, 0.6) is 0 Å². The topological polar surface area (TPSA) is 38.5 Å². The van der Waals surface area contributed by atoms with Crippen molar-refractivity contribution in [1.29, 1.82) is 0 Å². The Balaban J connectivity index is 2.10. The number of nitrogens with zero attached hydrogens (tertiary/aromatic N) is 1. The molecule has 1 aliphatic rings. The van der Waals surface area contributed by atoms with Gasteiger partial charge in [-0.1, -0.05) is 6.07 Å². The summed E-state index contributed by atoms with van der Waals surface area (Å²) in [6.45, 7) is 3.03. The first kappa shape index (κ1) is 11.3. The van der Waals surface area contributed by atoms with Gasteiger partial charge in [-0.05, 0) is 37.0 Å². The molecule has 2 rings (SSSR count). The van der Waals surface area contributed by atoms with Gasteiger partial charge in [-0.2, -0.15) is 0 Å². The molecule has 0 fully saturated rings. The minimum Gasteiger partial charge on any atom is -0.398 e. The second kappa shape index (κ2) is 5.21. The summed E-state index contributed by atoms with van der Waals surface area (Å²) in [5.41, 5.74) is 9.59. The van der Waals surface area contributed by atoms with E-state index in [1.165, 1.54) is 17.7 Å². The van der Waals surface area contributed by atoms with Crippen molar-refractivity contribution in [3.63, 3.8) is 0 Å². The van der Waals surface area contributed by atoms with Gasteiger partial charge in [0, 0.05) is 38.2 Å². The van der Waals surface area contributed by atoms with Gasteiger partial charge in [0.15, 0.2) is 0 Å². The number of anilines is 2. The Hall–Kier alpha value is -1.22. The second-order valence-electron chi connectivity index (χ2n) is 4.28. The van der Waals surface area contributed by atoms with Gasteiger partial charge in [-0.25, -0.2) is 0 Å². The molecule has 0 atom stereocenters. The molecule has 1 aliphatic heterocycles. The SMILES string of the molecule is COCCCN1CCCc2c(N)cccc21. The minimum absolute atomic E-state index is 0.828. The fourth-order valence-electron chi connectivity index (χ4n) is 2.36. The summed E-state index contributed by atoms with van der Waals surface area (Å²) in [6, 6.07) is 6.22. The summed E-state index contributed by atoms with van der Waals surface area (Å²) in [5.74, 6) is 0. The Morgan fingerprint density at radius 2 is 2.31 bits per heavy atom. The Morgan fingerprint density at radius 1 is 1.44 bits per heavy atom. The molecule has 0 spiro atoms. The largest absolute Gasteiger partial charge is 0.398 e. The van der Waals surface area contributed by atoms with E-state index in [2.05, 4.69) is 11.0 Å². The summed E-state index contributed by atoms with van der Waals surface area (Å²) in [5, 5.41) is 0. The number of nitrogens with two attached hydrogens (primary N) is 1. The number of nitrogen functional groups attached to an aromatic ring is 1. The van der Waals surface area contributed by atoms with E-state index in [0.717, 1.165) is 38.2 Å². The van der Waals surface area contributed by atoms with Crippen molar-refractivity contribution in [2.24, 2.45) is 0 Å². The fraction of sp³-hybridized carbons (Fsp3) is 0.538. The number of fused-ring (bicyclic) bond motifs is 1. The van der Waals surface area contributed by atoms with Gasteiger partial charge in [-0.15, -0.1) is 0 Å². The average Bonchev–Trinajstić information content (AvgIpc) is 2.31. The molecule has 0 amide bonds. The Kier molecular flexibility index (Phi) is 3.67. The second-order valence-corrected chi connectivity index (χ2v) is 4.28. The van der Waals surface area contributed by atoms with Crippen LogP contribution in [-0.4, -0.2) is 26.8 Å². The monoisotopic (exact) mass is 220 g/mol. The number of hydrogen-bond acceptors (Lipinski definition) is 3. The van der Waals surface area contributed by atoms with Crippen LogP contribution >= 0.6 is 0 Å². The van der Waals surface area contributed by atoms with Crippen molar-refractivity contribution in [1.82, 2.24) is 0 Å². The van der Waals surface area contributed by atoms with Crippen LogP contribution in [0.2, 0.25) is 0 Å². The summed E-state index contributed by atoms with van der Waals surface area (Å²) in [7, 11) is 1.75. The maximum atomic E-state index is 6.01. The van der Waals surface area contributed by atoms with E-state index < -0.39 is 0 Å². The third-order valence-corrected chi connectivity index (χ3v) is 3.16. The molecule has 3 nitrogen and oxygen atoms in total. The van der Waals surface area contributed by atoms with Crippen LogP contribution in [0.15, 0.2) is 18.2 Å². The molecule has 16 heavy (non-hydrogen) atoms. The molecule has 0 saturated heterocycles. The molecule has 0 aliphatic carbocycles. The molecule has 1 aromatic rings. The van der Waals surface area contributed by atoms with Gasteiger partial charge < -0.3 is 15.4 Å². The fourth-order valence-corrected chi connectivity index (χ4v) is 2.36. The molecular weight excluding hydrogens is 200 g/mol. The lowest BCUT2D eigenvalue weighted by atomic mass is 10.00.